The summed E-state index contributed by atoms with van der Waals surface area (Å²) in [4.78, 5) is 10.8. The fraction of sp³-hybridized carbons (Fsp3) is 0.300. The highest BCUT2D eigenvalue weighted by Gasteiger charge is 2.24. The first-order valence-corrected chi connectivity index (χ1v) is 7.26. The Hall–Kier alpha value is -0.960. The van der Waals surface area contributed by atoms with Crippen molar-refractivity contribution < 1.29 is 23.4 Å². The predicted molar refractivity (Wildman–Crippen MR) is 67.6 cm³/mol. The van der Waals surface area contributed by atoms with Crippen LogP contribution in [-0.4, -0.2) is 37.2 Å². The van der Waals surface area contributed by atoms with Gasteiger partial charge in [0.1, 0.15) is 6.04 Å². The molecule has 1 aromatic rings. The van der Waals surface area contributed by atoms with Crippen molar-refractivity contribution in [3.63, 3.8) is 0 Å². The first kappa shape index (κ1) is 15.1. The molecule has 0 aliphatic rings. The normalized spacial score (nSPS) is 13.2. The van der Waals surface area contributed by atoms with Crippen LogP contribution in [0.15, 0.2) is 33.6 Å². The van der Waals surface area contributed by atoms with Gasteiger partial charge >= 0.3 is 5.97 Å². The molecule has 3 N–H and O–H groups in total. The van der Waals surface area contributed by atoms with Crippen LogP contribution >= 0.6 is 15.9 Å². The largest absolute Gasteiger partial charge is 0.480 e. The fourth-order valence-corrected chi connectivity index (χ4v) is 3.07. The summed E-state index contributed by atoms with van der Waals surface area (Å²) in [5.74, 6) is -1.33. The summed E-state index contributed by atoms with van der Waals surface area (Å²) in [6.45, 7) is -0.419. The summed E-state index contributed by atoms with van der Waals surface area (Å²) in [5.41, 5.74) is 0. The van der Waals surface area contributed by atoms with Crippen LogP contribution in [-0.2, 0) is 14.8 Å². The lowest BCUT2D eigenvalue weighted by atomic mass is 10.2. The molecule has 0 saturated carbocycles. The minimum absolute atomic E-state index is 0.0407. The van der Waals surface area contributed by atoms with Crippen molar-refractivity contribution in [2.24, 2.45) is 0 Å². The van der Waals surface area contributed by atoms with E-state index >= 15 is 0 Å². The van der Waals surface area contributed by atoms with Gasteiger partial charge in [-0.2, -0.15) is 4.72 Å². The molecule has 100 valence electrons. The number of aliphatic hydroxyl groups is 1. The second-order valence-electron chi connectivity index (χ2n) is 3.48. The minimum atomic E-state index is -3.92. The van der Waals surface area contributed by atoms with E-state index in [1.54, 1.807) is 6.07 Å². The Morgan fingerprint density at radius 3 is 2.61 bits per heavy atom. The molecule has 0 aliphatic heterocycles. The Bertz CT molecular complexity index is 531. The van der Waals surface area contributed by atoms with Gasteiger partial charge in [-0.05, 0) is 24.6 Å². The summed E-state index contributed by atoms with van der Waals surface area (Å²) in [7, 11) is -3.92. The molecule has 0 radical (unpaired) electrons. The van der Waals surface area contributed by atoms with E-state index in [1.165, 1.54) is 18.2 Å². The van der Waals surface area contributed by atoms with Crippen molar-refractivity contribution in [3.8, 4) is 0 Å². The second-order valence-corrected chi connectivity index (χ2v) is 6.11. The number of rotatable bonds is 6. The van der Waals surface area contributed by atoms with Crippen LogP contribution in [0.5, 0.6) is 0 Å². The zero-order valence-electron chi connectivity index (χ0n) is 9.21. The zero-order valence-corrected chi connectivity index (χ0v) is 11.6. The SMILES string of the molecule is O=C(O)[C@H](CCO)NS(=O)(=O)c1cccc(Br)c1. The Kier molecular flexibility index (Phi) is 5.27. The van der Waals surface area contributed by atoms with Gasteiger partial charge in [0.25, 0.3) is 0 Å². The average Bonchev–Trinajstić information content (AvgIpc) is 2.28. The highest BCUT2D eigenvalue weighted by Crippen LogP contribution is 2.16. The molecule has 0 spiro atoms. The van der Waals surface area contributed by atoms with E-state index in [1.807, 2.05) is 4.72 Å². The maximum Gasteiger partial charge on any atom is 0.321 e. The van der Waals surface area contributed by atoms with Crippen molar-refractivity contribution in [2.45, 2.75) is 17.4 Å². The van der Waals surface area contributed by atoms with E-state index in [2.05, 4.69) is 15.9 Å². The van der Waals surface area contributed by atoms with Crippen LogP contribution in [0.1, 0.15) is 6.42 Å². The smallest absolute Gasteiger partial charge is 0.321 e. The third kappa shape index (κ3) is 4.05. The van der Waals surface area contributed by atoms with Gasteiger partial charge in [-0.3, -0.25) is 4.79 Å². The molecule has 8 heteroatoms. The van der Waals surface area contributed by atoms with Crippen LogP contribution in [0.2, 0.25) is 0 Å². The van der Waals surface area contributed by atoms with Gasteiger partial charge in [-0.25, -0.2) is 8.42 Å². The number of hydrogen-bond acceptors (Lipinski definition) is 4. The van der Waals surface area contributed by atoms with Crippen molar-refractivity contribution in [1.29, 1.82) is 0 Å². The Morgan fingerprint density at radius 1 is 1.44 bits per heavy atom. The molecular weight excluding hydrogens is 326 g/mol. The molecule has 6 nitrogen and oxygen atoms in total. The zero-order chi connectivity index (χ0) is 13.8. The van der Waals surface area contributed by atoms with Gasteiger partial charge in [0.15, 0.2) is 0 Å². The van der Waals surface area contributed by atoms with Crippen molar-refractivity contribution in [2.75, 3.05) is 6.61 Å². The monoisotopic (exact) mass is 337 g/mol. The van der Waals surface area contributed by atoms with Crippen molar-refractivity contribution >= 4 is 31.9 Å². The van der Waals surface area contributed by atoms with Gasteiger partial charge in [0.05, 0.1) is 4.90 Å². The quantitative estimate of drug-likeness (QED) is 0.703. The Labute approximate surface area is 113 Å². The number of sulfonamides is 1. The van der Waals surface area contributed by atoms with E-state index in [9.17, 15) is 13.2 Å². The van der Waals surface area contributed by atoms with E-state index in [0.29, 0.717) is 4.47 Å². The summed E-state index contributed by atoms with van der Waals surface area (Å²) >= 11 is 3.13. The first-order chi connectivity index (χ1) is 8.36. The van der Waals surface area contributed by atoms with Gasteiger partial charge < -0.3 is 10.2 Å². The lowest BCUT2D eigenvalue weighted by molar-refractivity contribution is -0.139. The number of aliphatic hydroxyl groups excluding tert-OH is 1. The van der Waals surface area contributed by atoms with E-state index < -0.39 is 28.6 Å². The minimum Gasteiger partial charge on any atom is -0.480 e. The molecule has 1 rings (SSSR count). The standard InChI is InChI=1S/C10H12BrNO5S/c11-7-2-1-3-8(6-7)18(16,17)12-9(4-5-13)10(14)15/h1-3,6,9,12-13H,4-5H2,(H,14,15)/t9-/m0/s1. The maximum absolute atomic E-state index is 11.9. The van der Waals surface area contributed by atoms with E-state index in [4.69, 9.17) is 10.2 Å². The molecule has 0 bridgehead atoms. The molecule has 0 heterocycles. The second kappa shape index (κ2) is 6.28. The number of hydrogen-bond donors (Lipinski definition) is 3. The van der Waals surface area contributed by atoms with Crippen LogP contribution in [0.4, 0.5) is 0 Å². The summed E-state index contributed by atoms with van der Waals surface area (Å²) in [6, 6.07) is 4.55. The van der Waals surface area contributed by atoms with Crippen molar-refractivity contribution in [3.05, 3.63) is 28.7 Å². The third-order valence-electron chi connectivity index (χ3n) is 2.12. The summed E-state index contributed by atoms with van der Waals surface area (Å²) in [5, 5.41) is 17.5. The number of carboxylic acid groups (broad SMARTS) is 1. The predicted octanol–water partition coefficient (Wildman–Crippen LogP) is 0.563. The van der Waals surface area contributed by atoms with Gasteiger partial charge in [-0.15, -0.1) is 0 Å². The highest BCUT2D eigenvalue weighted by atomic mass is 79.9. The molecule has 0 aromatic heterocycles. The van der Waals surface area contributed by atoms with Crippen LogP contribution in [0.25, 0.3) is 0 Å². The summed E-state index contributed by atoms with van der Waals surface area (Å²) in [6.07, 6.45) is -0.192. The average molecular weight is 338 g/mol. The van der Waals surface area contributed by atoms with Gasteiger partial charge in [-0.1, -0.05) is 22.0 Å². The van der Waals surface area contributed by atoms with Crippen LogP contribution in [0, 0.1) is 0 Å². The van der Waals surface area contributed by atoms with Crippen LogP contribution in [0.3, 0.4) is 0 Å². The van der Waals surface area contributed by atoms with E-state index in [-0.39, 0.29) is 11.3 Å². The fourth-order valence-electron chi connectivity index (χ4n) is 1.25. The molecule has 0 fully saturated rings. The molecule has 18 heavy (non-hydrogen) atoms. The highest BCUT2D eigenvalue weighted by molar-refractivity contribution is 9.10. The number of benzene rings is 1. The Balaban J connectivity index is 2.97. The maximum atomic E-state index is 11.9. The lowest BCUT2D eigenvalue weighted by Crippen LogP contribution is -2.41. The Morgan fingerprint density at radius 2 is 2.11 bits per heavy atom. The number of nitrogens with one attached hydrogen (secondary N) is 1. The molecule has 0 amide bonds. The molecule has 1 aromatic carbocycles. The number of aliphatic carboxylic acids is 1. The number of carboxylic acids is 1. The molecular formula is C10H12BrNO5S. The molecule has 0 saturated heterocycles. The van der Waals surface area contributed by atoms with E-state index in [0.717, 1.165) is 0 Å². The lowest BCUT2D eigenvalue weighted by Gasteiger charge is -2.13. The molecule has 1 atom stereocenters. The molecule has 0 unspecified atom stereocenters. The third-order valence-corrected chi connectivity index (χ3v) is 4.08. The summed E-state index contributed by atoms with van der Waals surface area (Å²) < 4.78 is 26.4. The van der Waals surface area contributed by atoms with Gasteiger partial charge in [0, 0.05) is 11.1 Å². The first-order valence-electron chi connectivity index (χ1n) is 4.98. The van der Waals surface area contributed by atoms with Crippen molar-refractivity contribution in [1.82, 2.24) is 4.72 Å². The molecule has 0 aliphatic carbocycles. The van der Waals surface area contributed by atoms with Crippen LogP contribution < -0.4 is 4.72 Å². The number of halogens is 1. The van der Waals surface area contributed by atoms with Gasteiger partial charge in [0.2, 0.25) is 10.0 Å². The number of carbonyl (C=O) groups is 1. The topological polar surface area (TPSA) is 104 Å².